The van der Waals surface area contributed by atoms with E-state index in [4.69, 9.17) is 22.7 Å². The lowest BCUT2D eigenvalue weighted by molar-refractivity contribution is -0.115. The maximum absolute atomic E-state index is 14.7. The van der Waals surface area contributed by atoms with Crippen LogP contribution >= 0.6 is 23.4 Å². The van der Waals surface area contributed by atoms with Gasteiger partial charge in [0.15, 0.2) is 0 Å². The van der Waals surface area contributed by atoms with Crippen molar-refractivity contribution < 1.29 is 18.8 Å². The van der Waals surface area contributed by atoms with Crippen LogP contribution in [-0.4, -0.2) is 53.3 Å². The van der Waals surface area contributed by atoms with Crippen molar-refractivity contribution in [1.29, 1.82) is 5.41 Å². The molecule has 3 rings (SSSR count). The van der Waals surface area contributed by atoms with Gasteiger partial charge in [0.05, 0.1) is 27.6 Å². The molecule has 12 heteroatoms. The molecule has 0 bridgehead atoms. The monoisotopic (exact) mass is 528 g/mol. The molecule has 0 atom stereocenters. The van der Waals surface area contributed by atoms with Crippen LogP contribution < -0.4 is 16.4 Å². The van der Waals surface area contributed by atoms with E-state index in [2.05, 4.69) is 15.6 Å². The Bertz CT molecular complexity index is 1330. The summed E-state index contributed by atoms with van der Waals surface area (Å²) in [4.78, 5) is 43.2. The first kappa shape index (κ1) is 26.6. The van der Waals surface area contributed by atoms with Crippen LogP contribution in [0.15, 0.2) is 59.6 Å². The van der Waals surface area contributed by atoms with Gasteiger partial charge in [0.25, 0.3) is 11.8 Å². The van der Waals surface area contributed by atoms with E-state index in [9.17, 15) is 18.8 Å². The summed E-state index contributed by atoms with van der Waals surface area (Å²) in [6.45, 7) is 0. The molecule has 0 aliphatic rings. The zero-order chi connectivity index (χ0) is 26.4. The van der Waals surface area contributed by atoms with Crippen LogP contribution in [0.1, 0.15) is 26.3 Å². The highest BCUT2D eigenvalue weighted by Crippen LogP contribution is 2.26. The smallest absolute Gasteiger partial charge is 0.258 e. The molecule has 0 radical (unpaired) electrons. The van der Waals surface area contributed by atoms with E-state index in [1.165, 1.54) is 41.4 Å². The number of thioether (sulfide) groups is 1. The molecule has 0 saturated carbocycles. The average molecular weight is 529 g/mol. The molecule has 0 aliphatic carbocycles. The van der Waals surface area contributed by atoms with Crippen molar-refractivity contribution in [2.45, 2.75) is 4.90 Å². The summed E-state index contributed by atoms with van der Waals surface area (Å²) in [5.74, 6) is -2.44. The number of nitrogens with zero attached hydrogens (tertiary/aromatic N) is 2. The molecule has 3 aromatic rings. The number of nitrogens with two attached hydrogens (primary N) is 1. The van der Waals surface area contributed by atoms with Gasteiger partial charge < -0.3 is 21.3 Å². The van der Waals surface area contributed by atoms with Gasteiger partial charge in [0.1, 0.15) is 17.5 Å². The Balaban J connectivity index is 1.90. The van der Waals surface area contributed by atoms with E-state index in [0.717, 1.165) is 17.8 Å². The van der Waals surface area contributed by atoms with E-state index < -0.39 is 23.5 Å². The normalized spacial score (nSPS) is 10.4. The number of anilines is 2. The Morgan fingerprint density at radius 3 is 2.39 bits per heavy atom. The molecule has 9 nitrogen and oxygen atoms in total. The zero-order valence-electron chi connectivity index (χ0n) is 19.3. The summed E-state index contributed by atoms with van der Waals surface area (Å²) in [5.41, 5.74) is 5.42. The SMILES string of the molecule is CN(C)C(=N)c1ccc(C(=O)Nc2ccc(SCC(N)=O)cc2C(=O)Nc2ccc(Cl)cn2)c(F)c1. The van der Waals surface area contributed by atoms with Gasteiger partial charge in [-0.15, -0.1) is 11.8 Å². The number of nitrogens with one attached hydrogen (secondary N) is 3. The minimum Gasteiger partial charge on any atom is -0.369 e. The molecule has 0 fully saturated rings. The van der Waals surface area contributed by atoms with Crippen LogP contribution in [0.25, 0.3) is 0 Å². The number of rotatable bonds is 8. The molecule has 2 aromatic carbocycles. The molecule has 1 aromatic heterocycles. The lowest BCUT2D eigenvalue weighted by atomic mass is 10.1. The summed E-state index contributed by atoms with van der Waals surface area (Å²) in [6.07, 6.45) is 1.36. The molecule has 0 spiro atoms. The van der Waals surface area contributed by atoms with Gasteiger partial charge in [-0.25, -0.2) is 9.37 Å². The fourth-order valence-corrected chi connectivity index (χ4v) is 3.78. The van der Waals surface area contributed by atoms with Gasteiger partial charge in [-0.05, 0) is 42.5 Å². The van der Waals surface area contributed by atoms with Crippen molar-refractivity contribution in [3.63, 3.8) is 0 Å². The van der Waals surface area contributed by atoms with Gasteiger partial charge in [-0.1, -0.05) is 17.7 Å². The first-order valence-corrected chi connectivity index (χ1v) is 11.8. The quantitative estimate of drug-likeness (QED) is 0.199. The Morgan fingerprint density at radius 2 is 1.78 bits per heavy atom. The number of carbonyl (C=O) groups is 3. The molecule has 0 unspecified atom stereocenters. The highest BCUT2D eigenvalue weighted by molar-refractivity contribution is 8.00. The third-order valence-corrected chi connectivity index (χ3v) is 6.01. The van der Waals surface area contributed by atoms with Crippen LogP contribution in [0.2, 0.25) is 5.02 Å². The van der Waals surface area contributed by atoms with Gasteiger partial charge in [-0.3, -0.25) is 19.8 Å². The molecule has 0 saturated heterocycles. The second-order valence-electron chi connectivity index (χ2n) is 7.67. The van der Waals surface area contributed by atoms with E-state index in [1.54, 1.807) is 26.2 Å². The zero-order valence-corrected chi connectivity index (χ0v) is 20.8. The maximum Gasteiger partial charge on any atom is 0.258 e. The first-order chi connectivity index (χ1) is 17.0. The van der Waals surface area contributed by atoms with Crippen LogP contribution in [0.4, 0.5) is 15.9 Å². The highest BCUT2D eigenvalue weighted by Gasteiger charge is 2.19. The number of benzene rings is 2. The predicted octanol–water partition coefficient (Wildman–Crippen LogP) is 3.84. The third kappa shape index (κ3) is 6.80. The highest BCUT2D eigenvalue weighted by atomic mass is 35.5. The van der Waals surface area contributed by atoms with Crippen molar-refractivity contribution in [2.75, 3.05) is 30.5 Å². The first-order valence-electron chi connectivity index (χ1n) is 10.4. The number of carbonyl (C=O) groups excluding carboxylic acids is 3. The average Bonchev–Trinajstić information content (AvgIpc) is 2.83. The van der Waals surface area contributed by atoms with E-state index >= 15 is 0 Å². The maximum atomic E-state index is 14.7. The van der Waals surface area contributed by atoms with E-state index in [0.29, 0.717) is 15.5 Å². The van der Waals surface area contributed by atoms with Crippen LogP contribution in [0, 0.1) is 11.2 Å². The van der Waals surface area contributed by atoms with E-state index in [1.807, 2.05) is 0 Å². The Labute approximate surface area is 215 Å². The van der Waals surface area contributed by atoms with E-state index in [-0.39, 0.29) is 34.2 Å². The second kappa shape index (κ2) is 11.6. The number of primary amides is 1. The fraction of sp³-hybridized carbons (Fsp3) is 0.125. The molecule has 186 valence electrons. The summed E-state index contributed by atoms with van der Waals surface area (Å²) < 4.78 is 14.7. The Hall–Kier alpha value is -3.96. The van der Waals surface area contributed by atoms with Gasteiger partial charge in [0, 0.05) is 30.8 Å². The standard InChI is InChI=1S/C24H22ClFN6O3S/c1-32(2)22(28)13-3-6-16(18(26)9-13)23(34)30-19-7-5-15(36-12-20(27)33)10-17(19)24(35)31-21-8-4-14(25)11-29-21/h3-11,28H,12H2,1-2H3,(H2,27,33)(H,30,34)(H,29,31,35). The third-order valence-electron chi connectivity index (χ3n) is 4.77. The molecule has 36 heavy (non-hydrogen) atoms. The van der Waals surface area contributed by atoms with Crippen molar-refractivity contribution in [3.05, 3.63) is 82.3 Å². The van der Waals surface area contributed by atoms with Gasteiger partial charge in [0.2, 0.25) is 5.91 Å². The van der Waals surface area contributed by atoms with Crippen LogP contribution in [0.3, 0.4) is 0 Å². The van der Waals surface area contributed by atoms with Gasteiger partial charge in [-0.2, -0.15) is 0 Å². The van der Waals surface area contributed by atoms with Crippen LogP contribution in [-0.2, 0) is 4.79 Å². The molecular weight excluding hydrogens is 507 g/mol. The Morgan fingerprint density at radius 1 is 1.06 bits per heavy atom. The lowest BCUT2D eigenvalue weighted by Gasteiger charge is -2.15. The van der Waals surface area contributed by atoms with Crippen molar-refractivity contribution in [3.8, 4) is 0 Å². The molecule has 0 aliphatic heterocycles. The summed E-state index contributed by atoms with van der Waals surface area (Å²) in [6, 6.07) is 11.4. The molecular formula is C24H22ClFN6O3S. The number of pyridine rings is 1. The molecule has 1 heterocycles. The second-order valence-corrected chi connectivity index (χ2v) is 9.16. The number of hydrogen-bond donors (Lipinski definition) is 4. The number of halogens is 2. The molecule has 5 N–H and O–H groups in total. The van der Waals surface area contributed by atoms with Crippen LogP contribution in [0.5, 0.6) is 0 Å². The fourth-order valence-electron chi connectivity index (χ4n) is 2.99. The molecule has 3 amide bonds. The number of aromatic nitrogens is 1. The number of amidine groups is 1. The lowest BCUT2D eigenvalue weighted by Crippen LogP contribution is -2.23. The minimum absolute atomic E-state index is 0.00891. The number of amides is 3. The largest absolute Gasteiger partial charge is 0.369 e. The van der Waals surface area contributed by atoms with Crippen molar-refractivity contribution >= 4 is 58.4 Å². The summed E-state index contributed by atoms with van der Waals surface area (Å²) in [5, 5.41) is 13.5. The number of hydrogen-bond acceptors (Lipinski definition) is 6. The predicted molar refractivity (Wildman–Crippen MR) is 138 cm³/mol. The van der Waals surface area contributed by atoms with Gasteiger partial charge >= 0.3 is 0 Å². The van der Waals surface area contributed by atoms with Crippen molar-refractivity contribution in [2.24, 2.45) is 5.73 Å². The minimum atomic E-state index is -0.818. The topological polar surface area (TPSA) is 141 Å². The van der Waals surface area contributed by atoms with Crippen molar-refractivity contribution in [1.82, 2.24) is 9.88 Å². The Kier molecular flexibility index (Phi) is 8.62. The summed E-state index contributed by atoms with van der Waals surface area (Å²) in [7, 11) is 3.30. The summed E-state index contributed by atoms with van der Waals surface area (Å²) >= 11 is 6.95.